The first-order valence-corrected chi connectivity index (χ1v) is 9.00. The third-order valence-corrected chi connectivity index (χ3v) is 4.91. The van der Waals surface area contributed by atoms with Crippen LogP contribution in [-0.4, -0.2) is 22.2 Å². The molecular formula is C18H19N3O4S. The van der Waals surface area contributed by atoms with E-state index in [9.17, 15) is 9.59 Å². The average Bonchev–Trinajstić information content (AvgIpc) is 3.03. The normalized spacial score (nSPS) is 12.3. The van der Waals surface area contributed by atoms with Gasteiger partial charge in [-0.1, -0.05) is 25.2 Å². The predicted octanol–water partition coefficient (Wildman–Crippen LogP) is 3.48. The van der Waals surface area contributed by atoms with Crippen LogP contribution < -0.4 is 15.7 Å². The zero-order chi connectivity index (χ0) is 18.8. The minimum atomic E-state index is -0.754. The molecule has 1 atom stereocenters. The maximum absolute atomic E-state index is 12.3. The zero-order valence-electron chi connectivity index (χ0n) is 14.9. The summed E-state index contributed by atoms with van der Waals surface area (Å²) < 4.78 is 10.9. The van der Waals surface area contributed by atoms with Gasteiger partial charge in [0, 0.05) is 23.4 Å². The highest BCUT2D eigenvalue weighted by atomic mass is 32.1. The molecule has 0 radical (unpaired) electrons. The molecule has 3 rings (SSSR count). The summed E-state index contributed by atoms with van der Waals surface area (Å²) in [6.07, 6.45) is -0.754. The fraction of sp³-hybridized carbons (Fsp3) is 0.333. The topological polar surface area (TPSA) is 94.3 Å². The number of aryl methyl sites for hydroxylation is 1. The van der Waals surface area contributed by atoms with Crippen molar-refractivity contribution in [3.8, 4) is 5.75 Å². The van der Waals surface area contributed by atoms with Crippen molar-refractivity contribution in [3.05, 3.63) is 45.3 Å². The van der Waals surface area contributed by atoms with Crippen molar-refractivity contribution in [3.63, 3.8) is 0 Å². The lowest BCUT2D eigenvalue weighted by Gasteiger charge is -2.14. The fourth-order valence-electron chi connectivity index (χ4n) is 2.36. The maximum atomic E-state index is 12.3. The van der Waals surface area contributed by atoms with Gasteiger partial charge in [0.2, 0.25) is 5.13 Å². The van der Waals surface area contributed by atoms with Crippen LogP contribution in [0.5, 0.6) is 5.75 Å². The average molecular weight is 373 g/mol. The van der Waals surface area contributed by atoms with Gasteiger partial charge in [0.1, 0.15) is 16.3 Å². The number of nitrogens with one attached hydrogen (secondary N) is 1. The van der Waals surface area contributed by atoms with Crippen LogP contribution in [0, 0.1) is 6.92 Å². The number of hydrogen-bond donors (Lipinski definition) is 1. The molecule has 1 N–H and O–H groups in total. The van der Waals surface area contributed by atoms with E-state index in [1.165, 1.54) is 17.4 Å². The molecule has 0 aliphatic heterocycles. The van der Waals surface area contributed by atoms with E-state index in [1.54, 1.807) is 25.1 Å². The second-order valence-corrected chi connectivity index (χ2v) is 7.26. The van der Waals surface area contributed by atoms with Crippen LogP contribution in [0.1, 0.15) is 37.3 Å². The second kappa shape index (κ2) is 7.25. The quantitative estimate of drug-likeness (QED) is 0.688. The molecule has 26 heavy (non-hydrogen) atoms. The molecule has 3 aromatic rings. The van der Waals surface area contributed by atoms with Crippen molar-refractivity contribution < 1.29 is 13.9 Å². The van der Waals surface area contributed by atoms with Gasteiger partial charge >= 0.3 is 5.63 Å². The summed E-state index contributed by atoms with van der Waals surface area (Å²) in [4.78, 5) is 23.8. The molecule has 1 amide bonds. The number of benzene rings is 1. The third-order valence-electron chi connectivity index (χ3n) is 3.77. The van der Waals surface area contributed by atoms with E-state index < -0.39 is 11.7 Å². The summed E-state index contributed by atoms with van der Waals surface area (Å²) in [5.41, 5.74) is 0.826. The molecule has 0 spiro atoms. The van der Waals surface area contributed by atoms with E-state index in [0.29, 0.717) is 16.5 Å². The van der Waals surface area contributed by atoms with Crippen molar-refractivity contribution >= 4 is 33.3 Å². The highest BCUT2D eigenvalue weighted by Crippen LogP contribution is 2.24. The lowest BCUT2D eigenvalue weighted by atomic mass is 10.1. The first kappa shape index (κ1) is 18.1. The Bertz CT molecular complexity index is 1010. The Morgan fingerprint density at radius 1 is 1.23 bits per heavy atom. The molecule has 0 saturated carbocycles. The summed E-state index contributed by atoms with van der Waals surface area (Å²) >= 11 is 1.34. The van der Waals surface area contributed by atoms with Crippen LogP contribution in [0.4, 0.5) is 5.13 Å². The van der Waals surface area contributed by atoms with Gasteiger partial charge in [-0.05, 0) is 31.5 Å². The molecule has 0 aliphatic carbocycles. The highest BCUT2D eigenvalue weighted by molar-refractivity contribution is 7.15. The van der Waals surface area contributed by atoms with Gasteiger partial charge in [-0.3, -0.25) is 10.1 Å². The molecule has 1 aromatic carbocycles. The Morgan fingerprint density at radius 2 is 2.00 bits per heavy atom. The lowest BCUT2D eigenvalue weighted by Crippen LogP contribution is -2.30. The van der Waals surface area contributed by atoms with Crippen LogP contribution in [0.15, 0.2) is 33.5 Å². The van der Waals surface area contributed by atoms with E-state index in [-0.39, 0.29) is 11.8 Å². The predicted molar refractivity (Wildman–Crippen MR) is 99.9 cm³/mol. The smallest absolute Gasteiger partial charge is 0.336 e. The van der Waals surface area contributed by atoms with Crippen molar-refractivity contribution in [2.45, 2.75) is 39.7 Å². The zero-order valence-corrected chi connectivity index (χ0v) is 15.7. The van der Waals surface area contributed by atoms with Crippen LogP contribution in [0.3, 0.4) is 0 Å². The molecule has 0 bridgehead atoms. The van der Waals surface area contributed by atoms with Gasteiger partial charge in [0.05, 0.1) is 0 Å². The summed E-state index contributed by atoms with van der Waals surface area (Å²) in [5, 5.41) is 12.8. The largest absolute Gasteiger partial charge is 0.481 e. The molecule has 136 valence electrons. The monoisotopic (exact) mass is 373 g/mol. The molecule has 2 aromatic heterocycles. The van der Waals surface area contributed by atoms with Crippen LogP contribution >= 0.6 is 11.3 Å². The Hall–Kier alpha value is -2.74. The van der Waals surface area contributed by atoms with Crippen molar-refractivity contribution in [1.82, 2.24) is 10.2 Å². The highest BCUT2D eigenvalue weighted by Gasteiger charge is 2.18. The van der Waals surface area contributed by atoms with E-state index >= 15 is 0 Å². The molecule has 0 saturated heterocycles. The van der Waals surface area contributed by atoms with Crippen molar-refractivity contribution in [1.29, 1.82) is 0 Å². The molecule has 1 unspecified atom stereocenters. The molecule has 7 nitrogen and oxygen atoms in total. The summed E-state index contributed by atoms with van der Waals surface area (Å²) in [6.45, 7) is 7.50. The van der Waals surface area contributed by atoms with Crippen molar-refractivity contribution in [2.24, 2.45) is 0 Å². The Kier molecular flexibility index (Phi) is 5.03. The van der Waals surface area contributed by atoms with Gasteiger partial charge in [0.15, 0.2) is 6.10 Å². The minimum Gasteiger partial charge on any atom is -0.481 e. The maximum Gasteiger partial charge on any atom is 0.336 e. The number of rotatable bonds is 5. The molecule has 2 heterocycles. The van der Waals surface area contributed by atoms with E-state index in [4.69, 9.17) is 9.15 Å². The van der Waals surface area contributed by atoms with Crippen LogP contribution in [-0.2, 0) is 4.79 Å². The number of anilines is 1. The number of aromatic nitrogens is 2. The Morgan fingerprint density at radius 3 is 2.69 bits per heavy atom. The number of hydrogen-bond acceptors (Lipinski definition) is 7. The first-order chi connectivity index (χ1) is 12.3. The van der Waals surface area contributed by atoms with Gasteiger partial charge < -0.3 is 9.15 Å². The molecule has 8 heteroatoms. The standard InChI is InChI=1S/C18H19N3O4S/c1-9(2)17-20-21-18(26-17)19-16(23)11(4)24-12-5-6-13-10(3)7-15(22)25-14(13)8-12/h5-9,11H,1-4H3,(H,19,21,23). The minimum absolute atomic E-state index is 0.252. The second-order valence-electron chi connectivity index (χ2n) is 6.26. The molecule has 0 fully saturated rings. The number of nitrogens with zero attached hydrogens (tertiary/aromatic N) is 2. The number of fused-ring (bicyclic) bond motifs is 1. The third kappa shape index (κ3) is 3.91. The van der Waals surface area contributed by atoms with Gasteiger partial charge in [-0.15, -0.1) is 10.2 Å². The SMILES string of the molecule is Cc1cc(=O)oc2cc(OC(C)C(=O)Nc3nnc(C(C)C)s3)ccc12. The van der Waals surface area contributed by atoms with Crippen LogP contribution in [0.25, 0.3) is 11.0 Å². The van der Waals surface area contributed by atoms with E-state index in [0.717, 1.165) is 16.0 Å². The first-order valence-electron chi connectivity index (χ1n) is 8.19. The van der Waals surface area contributed by atoms with Crippen molar-refractivity contribution in [2.75, 3.05) is 5.32 Å². The summed E-state index contributed by atoms with van der Waals surface area (Å²) in [5.74, 6) is 0.360. The number of carbonyl (C=O) groups excluding carboxylic acids is 1. The molecular weight excluding hydrogens is 354 g/mol. The number of amides is 1. The van der Waals surface area contributed by atoms with Crippen LogP contribution in [0.2, 0.25) is 0 Å². The number of ether oxygens (including phenoxy) is 1. The summed E-state index contributed by atoms with van der Waals surface area (Å²) in [7, 11) is 0. The van der Waals surface area contributed by atoms with E-state index in [1.807, 2.05) is 20.8 Å². The van der Waals surface area contributed by atoms with E-state index in [2.05, 4.69) is 15.5 Å². The Labute approximate surface area is 154 Å². The lowest BCUT2D eigenvalue weighted by molar-refractivity contribution is -0.122. The van der Waals surface area contributed by atoms with Gasteiger partial charge in [0.25, 0.3) is 5.91 Å². The summed E-state index contributed by atoms with van der Waals surface area (Å²) in [6, 6.07) is 6.58. The molecule has 0 aliphatic rings. The van der Waals surface area contributed by atoms with Gasteiger partial charge in [-0.2, -0.15) is 0 Å². The number of carbonyl (C=O) groups is 1. The Balaban J connectivity index is 1.72. The fourth-order valence-corrected chi connectivity index (χ4v) is 3.11. The van der Waals surface area contributed by atoms with Gasteiger partial charge in [-0.25, -0.2) is 4.79 Å².